The third-order valence-electron chi connectivity index (χ3n) is 1.72. The molecule has 1 rings (SSSR count). The molecule has 0 aliphatic carbocycles. The number of hydrogen-bond donors (Lipinski definition) is 0. The maximum atomic E-state index is 10.5. The summed E-state index contributed by atoms with van der Waals surface area (Å²) in [5.41, 5.74) is 1.18. The van der Waals surface area contributed by atoms with Crippen LogP contribution in [-0.4, -0.2) is 15.2 Å². The smallest absolute Gasteiger partial charge is 0.258 e. The SMILES string of the molecule is Cc1cc(C#CCCBr)ncc1[N+](=O)[O-]. The van der Waals surface area contributed by atoms with E-state index in [4.69, 9.17) is 0 Å². The summed E-state index contributed by atoms with van der Waals surface area (Å²) in [6.45, 7) is 1.68. The molecule has 0 radical (unpaired) electrons. The van der Waals surface area contributed by atoms with Gasteiger partial charge in [0, 0.05) is 17.3 Å². The highest BCUT2D eigenvalue weighted by molar-refractivity contribution is 9.09. The highest BCUT2D eigenvalue weighted by atomic mass is 79.9. The Labute approximate surface area is 96.0 Å². The summed E-state index contributed by atoms with van der Waals surface area (Å²) in [6.07, 6.45) is 1.98. The van der Waals surface area contributed by atoms with Crippen LogP contribution in [0.15, 0.2) is 12.3 Å². The number of hydrogen-bond acceptors (Lipinski definition) is 3. The van der Waals surface area contributed by atoms with Gasteiger partial charge in [-0.3, -0.25) is 10.1 Å². The number of halogens is 1. The molecule has 0 aromatic carbocycles. The second-order valence-electron chi connectivity index (χ2n) is 2.85. The summed E-state index contributed by atoms with van der Waals surface area (Å²) in [5.74, 6) is 5.74. The number of nitrogens with zero attached hydrogens (tertiary/aromatic N) is 2. The van der Waals surface area contributed by atoms with E-state index in [0.29, 0.717) is 11.3 Å². The second kappa shape index (κ2) is 5.47. The van der Waals surface area contributed by atoms with Crippen molar-refractivity contribution in [3.05, 3.63) is 33.6 Å². The third-order valence-corrected chi connectivity index (χ3v) is 2.11. The zero-order valence-corrected chi connectivity index (χ0v) is 9.74. The van der Waals surface area contributed by atoms with Crippen LogP contribution in [0.1, 0.15) is 17.7 Å². The van der Waals surface area contributed by atoms with Gasteiger partial charge in [-0.1, -0.05) is 21.9 Å². The van der Waals surface area contributed by atoms with E-state index in [0.717, 1.165) is 11.8 Å². The molecule has 1 aromatic rings. The van der Waals surface area contributed by atoms with Gasteiger partial charge in [-0.15, -0.1) is 0 Å². The van der Waals surface area contributed by atoms with Gasteiger partial charge in [0.15, 0.2) is 0 Å². The Morgan fingerprint density at radius 3 is 2.93 bits per heavy atom. The summed E-state index contributed by atoms with van der Waals surface area (Å²) < 4.78 is 0. The van der Waals surface area contributed by atoms with Gasteiger partial charge in [-0.05, 0) is 18.9 Å². The minimum Gasteiger partial charge on any atom is -0.258 e. The number of alkyl halides is 1. The lowest BCUT2D eigenvalue weighted by atomic mass is 10.2. The average molecular weight is 269 g/mol. The quantitative estimate of drug-likeness (QED) is 0.358. The molecule has 0 aliphatic heterocycles. The third kappa shape index (κ3) is 3.33. The minimum atomic E-state index is -0.446. The van der Waals surface area contributed by atoms with E-state index in [1.165, 1.54) is 6.20 Å². The van der Waals surface area contributed by atoms with E-state index in [1.807, 2.05) is 0 Å². The monoisotopic (exact) mass is 268 g/mol. The molecule has 1 heterocycles. The van der Waals surface area contributed by atoms with Crippen LogP contribution in [0.3, 0.4) is 0 Å². The first kappa shape index (κ1) is 11.7. The topological polar surface area (TPSA) is 56.0 Å². The molecule has 4 nitrogen and oxygen atoms in total. The zero-order valence-electron chi connectivity index (χ0n) is 8.16. The molecule has 0 spiro atoms. The molecule has 15 heavy (non-hydrogen) atoms. The minimum absolute atomic E-state index is 0.0287. The molecule has 0 saturated carbocycles. The van der Waals surface area contributed by atoms with Crippen LogP contribution < -0.4 is 0 Å². The second-order valence-corrected chi connectivity index (χ2v) is 3.65. The van der Waals surface area contributed by atoms with Crippen LogP contribution in [0.5, 0.6) is 0 Å². The van der Waals surface area contributed by atoms with E-state index < -0.39 is 4.92 Å². The molecule has 0 atom stereocenters. The lowest BCUT2D eigenvalue weighted by Gasteiger charge is -1.95. The zero-order chi connectivity index (χ0) is 11.3. The van der Waals surface area contributed by atoms with Gasteiger partial charge < -0.3 is 0 Å². The predicted molar refractivity (Wildman–Crippen MR) is 60.9 cm³/mol. The van der Waals surface area contributed by atoms with Gasteiger partial charge in [-0.25, -0.2) is 4.98 Å². The standard InChI is InChI=1S/C10H9BrN2O2/c1-8-6-9(4-2-3-5-11)12-7-10(8)13(14)15/h6-7H,3,5H2,1H3. The van der Waals surface area contributed by atoms with Crippen molar-refractivity contribution in [1.29, 1.82) is 0 Å². The molecule has 0 aliphatic rings. The fourth-order valence-electron chi connectivity index (χ4n) is 1.01. The molecule has 0 bridgehead atoms. The first-order valence-corrected chi connectivity index (χ1v) is 5.43. The van der Waals surface area contributed by atoms with Crippen LogP contribution in [0.25, 0.3) is 0 Å². The number of aryl methyl sites for hydroxylation is 1. The van der Waals surface area contributed by atoms with Gasteiger partial charge in [0.25, 0.3) is 5.69 Å². The van der Waals surface area contributed by atoms with Crippen LogP contribution in [0.4, 0.5) is 5.69 Å². The molecule has 0 fully saturated rings. The van der Waals surface area contributed by atoms with Gasteiger partial charge >= 0.3 is 0 Å². The lowest BCUT2D eigenvalue weighted by molar-refractivity contribution is -0.385. The average Bonchev–Trinajstić information content (AvgIpc) is 2.17. The highest BCUT2D eigenvalue weighted by Gasteiger charge is 2.10. The van der Waals surface area contributed by atoms with Crippen LogP contribution >= 0.6 is 15.9 Å². The Morgan fingerprint density at radius 2 is 2.40 bits per heavy atom. The molecule has 78 valence electrons. The van der Waals surface area contributed by atoms with E-state index in [1.54, 1.807) is 13.0 Å². The van der Waals surface area contributed by atoms with Crippen LogP contribution in [-0.2, 0) is 0 Å². The van der Waals surface area contributed by atoms with Crippen LogP contribution in [0, 0.1) is 28.9 Å². The molecule has 0 saturated heterocycles. The molecule has 0 unspecified atom stereocenters. The summed E-state index contributed by atoms with van der Waals surface area (Å²) in [5, 5.41) is 11.3. The fraction of sp³-hybridized carbons (Fsp3) is 0.300. The molecule has 0 N–H and O–H groups in total. The largest absolute Gasteiger partial charge is 0.290 e. The molecule has 5 heteroatoms. The van der Waals surface area contributed by atoms with E-state index >= 15 is 0 Å². The summed E-state index contributed by atoms with van der Waals surface area (Å²) in [7, 11) is 0. The molecule has 1 aromatic heterocycles. The first-order valence-electron chi connectivity index (χ1n) is 4.31. The van der Waals surface area contributed by atoms with Crippen molar-refractivity contribution in [3.63, 3.8) is 0 Å². The fourth-order valence-corrected chi connectivity index (χ4v) is 1.21. The lowest BCUT2D eigenvalue weighted by Crippen LogP contribution is -1.94. The van der Waals surface area contributed by atoms with Crippen molar-refractivity contribution in [1.82, 2.24) is 4.98 Å². The van der Waals surface area contributed by atoms with Crippen molar-refractivity contribution in [3.8, 4) is 11.8 Å². The van der Waals surface area contributed by atoms with Gasteiger partial charge in [0.2, 0.25) is 0 Å². The van der Waals surface area contributed by atoms with Crippen molar-refractivity contribution in [2.24, 2.45) is 0 Å². The Kier molecular flexibility index (Phi) is 4.25. The van der Waals surface area contributed by atoms with Gasteiger partial charge in [0.05, 0.1) is 4.92 Å². The number of rotatable bonds is 2. The summed E-state index contributed by atoms with van der Waals surface area (Å²) in [6, 6.07) is 1.62. The normalized spacial score (nSPS) is 9.20. The summed E-state index contributed by atoms with van der Waals surface area (Å²) >= 11 is 3.26. The Bertz CT molecular complexity index is 435. The Morgan fingerprint density at radius 1 is 1.67 bits per heavy atom. The first-order chi connectivity index (χ1) is 7.15. The van der Waals surface area contributed by atoms with Crippen molar-refractivity contribution >= 4 is 21.6 Å². The maximum absolute atomic E-state index is 10.5. The molecular weight excluding hydrogens is 260 g/mol. The van der Waals surface area contributed by atoms with E-state index in [-0.39, 0.29) is 5.69 Å². The van der Waals surface area contributed by atoms with Gasteiger partial charge in [0.1, 0.15) is 11.9 Å². The number of nitro groups is 1. The Balaban J connectivity index is 2.93. The van der Waals surface area contributed by atoms with E-state index in [2.05, 4.69) is 32.8 Å². The van der Waals surface area contributed by atoms with Crippen molar-refractivity contribution in [2.75, 3.05) is 5.33 Å². The number of pyridine rings is 1. The maximum Gasteiger partial charge on any atom is 0.290 e. The van der Waals surface area contributed by atoms with Crippen molar-refractivity contribution in [2.45, 2.75) is 13.3 Å². The highest BCUT2D eigenvalue weighted by Crippen LogP contribution is 2.15. The van der Waals surface area contributed by atoms with E-state index in [9.17, 15) is 10.1 Å². The Hall–Kier alpha value is -1.41. The van der Waals surface area contributed by atoms with Crippen molar-refractivity contribution < 1.29 is 4.92 Å². The summed E-state index contributed by atoms with van der Waals surface area (Å²) in [4.78, 5) is 14.0. The molecule has 0 amide bonds. The van der Waals surface area contributed by atoms with Gasteiger partial charge in [-0.2, -0.15) is 0 Å². The predicted octanol–water partition coefficient (Wildman–Crippen LogP) is 2.43. The van der Waals surface area contributed by atoms with Crippen LogP contribution in [0.2, 0.25) is 0 Å². The number of aromatic nitrogens is 1. The molecular formula is C10H9BrN2O2.